The van der Waals surface area contributed by atoms with Gasteiger partial charge in [-0.3, -0.25) is 0 Å². The third kappa shape index (κ3) is 4.07. The van der Waals surface area contributed by atoms with Crippen LogP contribution in [0.2, 0.25) is 0 Å². The molecule has 2 aromatic rings. The smallest absolute Gasteiger partial charge is 0.0962 e. The maximum absolute atomic E-state index is 10.2. The highest BCUT2D eigenvalue weighted by Crippen LogP contribution is 2.32. The molecule has 0 radical (unpaired) electrons. The molecular formula is C15H14Br3NO. The van der Waals surface area contributed by atoms with Gasteiger partial charge in [0, 0.05) is 20.0 Å². The van der Waals surface area contributed by atoms with E-state index in [2.05, 4.69) is 53.1 Å². The largest absolute Gasteiger partial charge is 0.387 e. The molecule has 2 rings (SSSR count). The maximum atomic E-state index is 10.2. The van der Waals surface area contributed by atoms with E-state index in [4.69, 9.17) is 0 Å². The average Bonchev–Trinajstić information content (AvgIpc) is 2.37. The summed E-state index contributed by atoms with van der Waals surface area (Å²) in [5.74, 6) is 0. The number of rotatable bonds is 4. The Balaban J connectivity index is 2.09. The molecular weight excluding hydrogens is 450 g/mol. The van der Waals surface area contributed by atoms with Crippen molar-refractivity contribution in [1.82, 2.24) is 0 Å². The highest BCUT2D eigenvalue weighted by molar-refractivity contribution is 9.11. The zero-order chi connectivity index (χ0) is 14.7. The van der Waals surface area contributed by atoms with Crippen LogP contribution >= 0.6 is 47.8 Å². The second kappa shape index (κ2) is 7.07. The quantitative estimate of drug-likeness (QED) is 0.633. The van der Waals surface area contributed by atoms with Gasteiger partial charge in [-0.25, -0.2) is 0 Å². The average molecular weight is 464 g/mol. The lowest BCUT2D eigenvalue weighted by atomic mass is 10.1. The Morgan fingerprint density at radius 1 is 1.10 bits per heavy atom. The first-order valence-corrected chi connectivity index (χ1v) is 8.48. The summed E-state index contributed by atoms with van der Waals surface area (Å²) in [5.41, 5.74) is 3.00. The zero-order valence-corrected chi connectivity index (χ0v) is 15.6. The van der Waals surface area contributed by atoms with Crippen LogP contribution in [-0.4, -0.2) is 11.7 Å². The molecule has 0 fully saturated rings. The number of aryl methyl sites for hydroxylation is 1. The standard InChI is InChI=1S/C15H14Br3NO/c1-9-5-12(17)15(13(18)6-9)19-8-14(20)10-3-2-4-11(16)7-10/h2-7,14,19-20H,8H2,1H3. The Kier molecular flexibility index (Phi) is 5.66. The van der Waals surface area contributed by atoms with E-state index in [0.717, 1.165) is 24.7 Å². The molecule has 106 valence electrons. The molecule has 0 aliphatic heterocycles. The van der Waals surface area contributed by atoms with Crippen molar-refractivity contribution in [1.29, 1.82) is 0 Å². The van der Waals surface area contributed by atoms with E-state index in [9.17, 15) is 5.11 Å². The number of halogens is 3. The Hall–Kier alpha value is -0.360. The van der Waals surface area contributed by atoms with Gasteiger partial charge in [-0.1, -0.05) is 28.1 Å². The number of hydrogen-bond acceptors (Lipinski definition) is 2. The van der Waals surface area contributed by atoms with E-state index < -0.39 is 6.10 Å². The summed E-state index contributed by atoms with van der Waals surface area (Å²) >= 11 is 10.5. The molecule has 0 saturated heterocycles. The van der Waals surface area contributed by atoms with Crippen LogP contribution < -0.4 is 5.32 Å². The number of aliphatic hydroxyl groups excluding tert-OH is 1. The Morgan fingerprint density at radius 2 is 1.75 bits per heavy atom. The second-order valence-corrected chi connectivity index (χ2v) is 7.18. The fourth-order valence-corrected chi connectivity index (χ4v) is 4.01. The highest BCUT2D eigenvalue weighted by Gasteiger charge is 2.11. The summed E-state index contributed by atoms with van der Waals surface area (Å²) < 4.78 is 2.92. The first-order chi connectivity index (χ1) is 9.47. The third-order valence-electron chi connectivity index (χ3n) is 2.89. The minimum absolute atomic E-state index is 0.441. The SMILES string of the molecule is Cc1cc(Br)c(NCC(O)c2cccc(Br)c2)c(Br)c1. The predicted octanol–water partition coefficient (Wildman–Crippen LogP) is 5.43. The Labute approximate surface area is 144 Å². The molecule has 2 N–H and O–H groups in total. The zero-order valence-electron chi connectivity index (χ0n) is 10.8. The normalized spacial score (nSPS) is 12.2. The van der Waals surface area contributed by atoms with Gasteiger partial charge in [0.1, 0.15) is 0 Å². The minimum Gasteiger partial charge on any atom is -0.387 e. The van der Waals surface area contributed by atoms with Crippen LogP contribution in [0, 0.1) is 6.92 Å². The van der Waals surface area contributed by atoms with Crippen molar-refractivity contribution in [3.05, 3.63) is 60.9 Å². The van der Waals surface area contributed by atoms with Gasteiger partial charge in [0.05, 0.1) is 11.8 Å². The number of aliphatic hydroxyl groups is 1. The Bertz CT molecular complexity index is 593. The number of anilines is 1. The van der Waals surface area contributed by atoms with E-state index in [1.165, 1.54) is 5.56 Å². The summed E-state index contributed by atoms with van der Waals surface area (Å²) in [4.78, 5) is 0. The van der Waals surface area contributed by atoms with Gasteiger partial charge < -0.3 is 10.4 Å². The lowest BCUT2D eigenvalue weighted by molar-refractivity contribution is 0.191. The highest BCUT2D eigenvalue weighted by atomic mass is 79.9. The van der Waals surface area contributed by atoms with Crippen molar-refractivity contribution in [2.75, 3.05) is 11.9 Å². The summed E-state index contributed by atoms with van der Waals surface area (Å²) in [6.45, 7) is 2.48. The molecule has 0 aromatic heterocycles. The molecule has 0 spiro atoms. The number of benzene rings is 2. The molecule has 2 aromatic carbocycles. The lowest BCUT2D eigenvalue weighted by Gasteiger charge is -2.16. The molecule has 20 heavy (non-hydrogen) atoms. The molecule has 2 nitrogen and oxygen atoms in total. The van der Waals surface area contributed by atoms with Gasteiger partial charge in [0.15, 0.2) is 0 Å². The van der Waals surface area contributed by atoms with Crippen LogP contribution in [0.15, 0.2) is 49.8 Å². The third-order valence-corrected chi connectivity index (χ3v) is 4.64. The van der Waals surface area contributed by atoms with Crippen molar-refractivity contribution >= 4 is 53.5 Å². The van der Waals surface area contributed by atoms with Gasteiger partial charge in [0.25, 0.3) is 0 Å². The van der Waals surface area contributed by atoms with Crippen molar-refractivity contribution in [3.8, 4) is 0 Å². The van der Waals surface area contributed by atoms with Gasteiger partial charge in [-0.05, 0) is 74.2 Å². The van der Waals surface area contributed by atoms with E-state index in [0.29, 0.717) is 6.54 Å². The molecule has 0 saturated carbocycles. The fraction of sp³-hybridized carbons (Fsp3) is 0.200. The predicted molar refractivity (Wildman–Crippen MR) is 94.2 cm³/mol. The van der Waals surface area contributed by atoms with Crippen LogP contribution in [0.5, 0.6) is 0 Å². The van der Waals surface area contributed by atoms with Gasteiger partial charge in [-0.2, -0.15) is 0 Å². The van der Waals surface area contributed by atoms with Crippen LogP contribution in [0.3, 0.4) is 0 Å². The van der Waals surface area contributed by atoms with E-state index >= 15 is 0 Å². The second-order valence-electron chi connectivity index (χ2n) is 4.56. The number of hydrogen-bond donors (Lipinski definition) is 2. The van der Waals surface area contributed by atoms with Gasteiger partial charge in [0.2, 0.25) is 0 Å². The fourth-order valence-electron chi connectivity index (χ4n) is 1.90. The first kappa shape index (κ1) is 16.0. The lowest BCUT2D eigenvalue weighted by Crippen LogP contribution is -2.12. The van der Waals surface area contributed by atoms with Crippen molar-refractivity contribution in [3.63, 3.8) is 0 Å². The van der Waals surface area contributed by atoms with Crippen molar-refractivity contribution in [2.24, 2.45) is 0 Å². The maximum Gasteiger partial charge on any atom is 0.0962 e. The molecule has 0 aliphatic rings. The molecule has 0 bridgehead atoms. The topological polar surface area (TPSA) is 32.3 Å². The summed E-state index contributed by atoms with van der Waals surface area (Å²) in [7, 11) is 0. The first-order valence-electron chi connectivity index (χ1n) is 6.10. The summed E-state index contributed by atoms with van der Waals surface area (Å²) in [6.07, 6.45) is -0.562. The van der Waals surface area contributed by atoms with Gasteiger partial charge in [-0.15, -0.1) is 0 Å². The van der Waals surface area contributed by atoms with Crippen molar-refractivity contribution < 1.29 is 5.11 Å². The van der Waals surface area contributed by atoms with Crippen LogP contribution in [0.1, 0.15) is 17.2 Å². The monoisotopic (exact) mass is 461 g/mol. The summed E-state index contributed by atoms with van der Waals surface area (Å²) in [6, 6.07) is 11.8. The molecule has 0 amide bonds. The molecule has 0 aliphatic carbocycles. The Morgan fingerprint density at radius 3 is 2.35 bits per heavy atom. The van der Waals surface area contributed by atoms with E-state index in [1.807, 2.05) is 43.3 Å². The minimum atomic E-state index is -0.562. The number of nitrogens with one attached hydrogen (secondary N) is 1. The van der Waals surface area contributed by atoms with E-state index in [-0.39, 0.29) is 0 Å². The van der Waals surface area contributed by atoms with Crippen LogP contribution in [-0.2, 0) is 0 Å². The van der Waals surface area contributed by atoms with E-state index in [1.54, 1.807) is 0 Å². The molecule has 0 heterocycles. The van der Waals surface area contributed by atoms with Crippen molar-refractivity contribution in [2.45, 2.75) is 13.0 Å². The van der Waals surface area contributed by atoms with Crippen LogP contribution in [0.25, 0.3) is 0 Å². The molecule has 5 heteroatoms. The molecule has 1 atom stereocenters. The summed E-state index contributed by atoms with van der Waals surface area (Å²) in [5, 5.41) is 13.5. The van der Waals surface area contributed by atoms with Crippen LogP contribution in [0.4, 0.5) is 5.69 Å². The molecule has 1 unspecified atom stereocenters. The van der Waals surface area contributed by atoms with Gasteiger partial charge >= 0.3 is 0 Å².